The van der Waals surface area contributed by atoms with Crippen LogP contribution in [0.1, 0.15) is 48.5 Å². The van der Waals surface area contributed by atoms with E-state index in [1.54, 1.807) is 6.92 Å². The summed E-state index contributed by atoms with van der Waals surface area (Å²) in [5.74, 6) is 1.04. The Morgan fingerprint density at radius 2 is 2.24 bits per heavy atom. The molecule has 1 amide bonds. The van der Waals surface area contributed by atoms with Gasteiger partial charge in [0.1, 0.15) is 0 Å². The van der Waals surface area contributed by atoms with Crippen molar-refractivity contribution in [2.75, 3.05) is 13.1 Å². The van der Waals surface area contributed by atoms with Crippen molar-refractivity contribution in [3.8, 4) is 11.4 Å². The van der Waals surface area contributed by atoms with Gasteiger partial charge in [0.15, 0.2) is 0 Å². The highest BCUT2D eigenvalue weighted by molar-refractivity contribution is 5.95. The third kappa shape index (κ3) is 4.07. The average Bonchev–Trinajstić information content (AvgIpc) is 3.16. The third-order valence-corrected chi connectivity index (χ3v) is 4.83. The molecular weight excluding hydrogens is 316 g/mol. The number of rotatable bonds is 5. The highest BCUT2D eigenvalue weighted by Gasteiger charge is 2.22. The third-order valence-electron chi connectivity index (χ3n) is 4.83. The Morgan fingerprint density at radius 1 is 1.44 bits per heavy atom. The molecule has 1 aromatic carbocycles. The molecular formula is C19H26N4O2. The topological polar surface area (TPSA) is 71.3 Å². The van der Waals surface area contributed by atoms with E-state index in [2.05, 4.69) is 34.2 Å². The van der Waals surface area contributed by atoms with Crippen LogP contribution in [-0.2, 0) is 0 Å². The highest BCUT2D eigenvalue weighted by Crippen LogP contribution is 2.22. The first-order chi connectivity index (χ1) is 11.9. The van der Waals surface area contributed by atoms with Gasteiger partial charge in [-0.15, -0.1) is 0 Å². The average molecular weight is 342 g/mol. The van der Waals surface area contributed by atoms with Crippen LogP contribution in [0.4, 0.5) is 0 Å². The van der Waals surface area contributed by atoms with Crippen LogP contribution in [0.5, 0.6) is 0 Å². The first-order valence-corrected chi connectivity index (χ1v) is 8.90. The van der Waals surface area contributed by atoms with Crippen molar-refractivity contribution < 1.29 is 9.32 Å². The maximum atomic E-state index is 12.5. The van der Waals surface area contributed by atoms with Crippen molar-refractivity contribution in [3.63, 3.8) is 0 Å². The van der Waals surface area contributed by atoms with Crippen LogP contribution in [0.15, 0.2) is 22.7 Å². The number of hydrogen-bond donors (Lipinski definition) is 1. The van der Waals surface area contributed by atoms with Crippen LogP contribution in [0, 0.1) is 13.8 Å². The Hall–Kier alpha value is -2.21. The molecule has 0 radical (unpaired) electrons. The van der Waals surface area contributed by atoms with Crippen molar-refractivity contribution in [3.05, 3.63) is 35.2 Å². The molecule has 1 aliphatic heterocycles. The van der Waals surface area contributed by atoms with E-state index in [1.807, 2.05) is 25.1 Å². The number of nitrogens with zero attached hydrogens (tertiary/aromatic N) is 3. The summed E-state index contributed by atoms with van der Waals surface area (Å²) in [6, 6.07) is 6.30. The Labute approximate surface area is 148 Å². The summed E-state index contributed by atoms with van der Waals surface area (Å²) in [5.41, 5.74) is 2.49. The second-order valence-electron chi connectivity index (χ2n) is 7.03. The number of aryl methyl sites for hydroxylation is 2. The van der Waals surface area contributed by atoms with Gasteiger partial charge in [0.25, 0.3) is 5.91 Å². The van der Waals surface area contributed by atoms with Crippen LogP contribution >= 0.6 is 0 Å². The first-order valence-electron chi connectivity index (χ1n) is 8.90. The second kappa shape index (κ2) is 7.35. The summed E-state index contributed by atoms with van der Waals surface area (Å²) in [4.78, 5) is 19.2. The van der Waals surface area contributed by atoms with Crippen LogP contribution in [0.2, 0.25) is 0 Å². The number of carbonyl (C=O) groups excluding carboxylic acids is 1. The largest absolute Gasteiger partial charge is 0.348 e. The predicted molar refractivity (Wildman–Crippen MR) is 96.4 cm³/mol. The number of aromatic nitrogens is 2. The lowest BCUT2D eigenvalue weighted by molar-refractivity contribution is 0.0928. The maximum Gasteiger partial charge on any atom is 0.251 e. The van der Waals surface area contributed by atoms with Gasteiger partial charge in [0.05, 0.1) is 0 Å². The molecule has 2 heterocycles. The smallest absolute Gasteiger partial charge is 0.251 e. The van der Waals surface area contributed by atoms with Crippen LogP contribution < -0.4 is 5.32 Å². The van der Waals surface area contributed by atoms with Crippen LogP contribution in [0.3, 0.4) is 0 Å². The monoisotopic (exact) mass is 342 g/mol. The summed E-state index contributed by atoms with van der Waals surface area (Å²) >= 11 is 0. The predicted octanol–water partition coefficient (Wildman–Crippen LogP) is 2.96. The quantitative estimate of drug-likeness (QED) is 0.904. The van der Waals surface area contributed by atoms with Gasteiger partial charge in [-0.2, -0.15) is 4.98 Å². The molecule has 6 nitrogen and oxygen atoms in total. The minimum Gasteiger partial charge on any atom is -0.348 e. The molecule has 1 N–H and O–H groups in total. The number of likely N-dealkylation sites (tertiary alicyclic amines) is 1. The minimum absolute atomic E-state index is 0.0432. The molecule has 2 aromatic rings. The molecule has 1 fully saturated rings. The number of hydrogen-bond acceptors (Lipinski definition) is 5. The van der Waals surface area contributed by atoms with E-state index in [0.29, 0.717) is 23.3 Å². The summed E-state index contributed by atoms with van der Waals surface area (Å²) in [6.45, 7) is 10.0. The lowest BCUT2D eigenvalue weighted by atomic mass is 10.0. The lowest BCUT2D eigenvalue weighted by Crippen LogP contribution is -2.43. The van der Waals surface area contributed by atoms with E-state index in [9.17, 15) is 4.79 Å². The number of amides is 1. The van der Waals surface area contributed by atoms with Gasteiger partial charge >= 0.3 is 0 Å². The zero-order valence-electron chi connectivity index (χ0n) is 15.4. The van der Waals surface area contributed by atoms with Gasteiger partial charge < -0.3 is 9.84 Å². The van der Waals surface area contributed by atoms with Crippen LogP contribution in [0.25, 0.3) is 11.4 Å². The van der Waals surface area contributed by atoms with E-state index in [-0.39, 0.29) is 11.9 Å². The fraction of sp³-hybridized carbons (Fsp3) is 0.526. The summed E-state index contributed by atoms with van der Waals surface area (Å²) in [7, 11) is 0. The second-order valence-corrected chi connectivity index (χ2v) is 7.03. The molecule has 1 aliphatic rings. The number of carbonyl (C=O) groups is 1. The van der Waals surface area contributed by atoms with Crippen molar-refractivity contribution in [2.45, 2.75) is 52.6 Å². The Kier molecular flexibility index (Phi) is 5.18. The van der Waals surface area contributed by atoms with E-state index in [0.717, 1.165) is 24.2 Å². The van der Waals surface area contributed by atoms with Gasteiger partial charge in [0, 0.05) is 36.7 Å². The highest BCUT2D eigenvalue weighted by atomic mass is 16.5. The van der Waals surface area contributed by atoms with Gasteiger partial charge in [0.2, 0.25) is 11.7 Å². The Bertz CT molecular complexity index is 756. The lowest BCUT2D eigenvalue weighted by Gasteiger charge is -2.25. The zero-order chi connectivity index (χ0) is 18.0. The van der Waals surface area contributed by atoms with E-state index in [4.69, 9.17) is 4.52 Å². The zero-order valence-corrected chi connectivity index (χ0v) is 15.4. The molecule has 25 heavy (non-hydrogen) atoms. The van der Waals surface area contributed by atoms with E-state index < -0.39 is 0 Å². The van der Waals surface area contributed by atoms with Gasteiger partial charge in [-0.25, -0.2) is 0 Å². The molecule has 134 valence electrons. The van der Waals surface area contributed by atoms with Crippen molar-refractivity contribution in [1.29, 1.82) is 0 Å². The molecule has 0 spiro atoms. The first kappa shape index (κ1) is 17.6. The SMILES string of the molecule is Cc1nc(-c2ccc(C(=O)N[C@H](C)CN3CCC[C@@H]3C)cc2C)no1. The van der Waals surface area contributed by atoms with Gasteiger partial charge in [-0.1, -0.05) is 11.2 Å². The van der Waals surface area contributed by atoms with Crippen LogP contribution in [-0.4, -0.2) is 46.1 Å². The molecule has 0 aliphatic carbocycles. The summed E-state index contributed by atoms with van der Waals surface area (Å²) in [5, 5.41) is 7.05. The fourth-order valence-corrected chi connectivity index (χ4v) is 3.43. The van der Waals surface area contributed by atoms with Gasteiger partial charge in [-0.05, 0) is 57.9 Å². The number of benzene rings is 1. The fourth-order valence-electron chi connectivity index (χ4n) is 3.43. The maximum absolute atomic E-state index is 12.5. The normalized spacial score (nSPS) is 19.1. The standard InChI is InChI=1S/C19H26N4O2/c1-12-10-16(7-8-17(12)18-21-15(4)25-22-18)19(24)20-13(2)11-23-9-5-6-14(23)3/h7-8,10,13-14H,5-6,9,11H2,1-4H3,(H,20,24)/t13-,14+/m1/s1. The molecule has 0 saturated carbocycles. The molecule has 6 heteroatoms. The molecule has 3 rings (SSSR count). The molecule has 2 atom stereocenters. The van der Waals surface area contributed by atoms with E-state index >= 15 is 0 Å². The van der Waals surface area contributed by atoms with Crippen molar-refractivity contribution in [1.82, 2.24) is 20.4 Å². The van der Waals surface area contributed by atoms with Gasteiger partial charge in [-0.3, -0.25) is 9.69 Å². The minimum atomic E-state index is -0.0432. The summed E-state index contributed by atoms with van der Waals surface area (Å²) in [6.07, 6.45) is 2.49. The Balaban J connectivity index is 1.65. The molecule has 0 unspecified atom stereocenters. The van der Waals surface area contributed by atoms with Crippen molar-refractivity contribution in [2.24, 2.45) is 0 Å². The number of nitrogens with one attached hydrogen (secondary N) is 1. The van der Waals surface area contributed by atoms with E-state index in [1.165, 1.54) is 12.8 Å². The summed E-state index contributed by atoms with van der Waals surface area (Å²) < 4.78 is 5.03. The molecule has 1 saturated heterocycles. The van der Waals surface area contributed by atoms with Crippen molar-refractivity contribution >= 4 is 5.91 Å². The Morgan fingerprint density at radius 3 is 2.84 bits per heavy atom. The molecule has 0 bridgehead atoms. The molecule has 1 aromatic heterocycles.